The van der Waals surface area contributed by atoms with Crippen LogP contribution in [0.2, 0.25) is 0 Å². The van der Waals surface area contributed by atoms with Crippen molar-refractivity contribution in [1.82, 2.24) is 14.7 Å². The summed E-state index contributed by atoms with van der Waals surface area (Å²) in [4.78, 5) is 25.9. The molecule has 0 bridgehead atoms. The van der Waals surface area contributed by atoms with Gasteiger partial charge in [-0.05, 0) is 32.0 Å². The molecule has 7 nitrogen and oxygen atoms in total. The molecule has 134 valence electrons. The molecule has 1 heterocycles. The molecule has 25 heavy (non-hydrogen) atoms. The van der Waals surface area contributed by atoms with E-state index in [1.54, 1.807) is 32.3 Å². The van der Waals surface area contributed by atoms with Gasteiger partial charge in [-0.1, -0.05) is 0 Å². The third-order valence-corrected chi connectivity index (χ3v) is 3.55. The minimum Gasteiger partial charge on any atom is -0.492 e. The number of carbonyl (C=O) groups is 2. The molecule has 1 unspecified atom stereocenters. The Labute approximate surface area is 145 Å². The summed E-state index contributed by atoms with van der Waals surface area (Å²) in [5.41, 5.74) is 0.356. The van der Waals surface area contributed by atoms with Crippen molar-refractivity contribution < 1.29 is 18.7 Å². The number of rotatable bonds is 7. The van der Waals surface area contributed by atoms with Gasteiger partial charge in [-0.15, -0.1) is 0 Å². The Morgan fingerprint density at radius 1 is 1.44 bits per heavy atom. The van der Waals surface area contributed by atoms with Gasteiger partial charge in [0.2, 0.25) is 11.8 Å². The molecule has 0 aliphatic heterocycles. The number of ether oxygens (including phenoxy) is 1. The number of amides is 2. The van der Waals surface area contributed by atoms with Gasteiger partial charge in [-0.3, -0.25) is 14.3 Å². The van der Waals surface area contributed by atoms with Gasteiger partial charge in [0.1, 0.15) is 17.6 Å². The molecular formula is C17H21FN4O3. The monoisotopic (exact) mass is 348 g/mol. The molecule has 0 spiro atoms. The first-order chi connectivity index (χ1) is 11.9. The van der Waals surface area contributed by atoms with Crippen molar-refractivity contribution in [3.05, 3.63) is 42.5 Å². The molecule has 1 aromatic carbocycles. The number of aromatic nitrogens is 2. The van der Waals surface area contributed by atoms with Crippen molar-refractivity contribution in [2.24, 2.45) is 0 Å². The zero-order chi connectivity index (χ0) is 18.4. The van der Waals surface area contributed by atoms with Crippen LogP contribution in [0.4, 0.5) is 10.1 Å². The van der Waals surface area contributed by atoms with Crippen LogP contribution in [0.5, 0.6) is 5.75 Å². The van der Waals surface area contributed by atoms with E-state index in [9.17, 15) is 14.0 Å². The highest BCUT2D eigenvalue weighted by molar-refractivity contribution is 5.96. The third-order valence-electron chi connectivity index (χ3n) is 3.55. The number of nitrogens with one attached hydrogen (secondary N) is 1. The number of nitrogens with zero attached hydrogens (tertiary/aromatic N) is 3. The average Bonchev–Trinajstić information content (AvgIpc) is 3.10. The second-order valence-electron chi connectivity index (χ2n) is 5.48. The summed E-state index contributed by atoms with van der Waals surface area (Å²) in [6.45, 7) is 3.66. The lowest BCUT2D eigenvalue weighted by molar-refractivity contribution is -0.136. The van der Waals surface area contributed by atoms with E-state index >= 15 is 0 Å². The zero-order valence-electron chi connectivity index (χ0n) is 14.4. The second kappa shape index (κ2) is 8.27. The van der Waals surface area contributed by atoms with Gasteiger partial charge in [-0.25, -0.2) is 4.39 Å². The molecule has 0 saturated carbocycles. The minimum absolute atomic E-state index is 0.145. The number of halogens is 1. The summed E-state index contributed by atoms with van der Waals surface area (Å²) in [7, 11) is 1.54. The van der Waals surface area contributed by atoms with Gasteiger partial charge >= 0.3 is 0 Å². The number of benzene rings is 1. The highest BCUT2D eigenvalue weighted by Crippen LogP contribution is 2.25. The molecule has 0 aliphatic carbocycles. The van der Waals surface area contributed by atoms with Crippen LogP contribution in [0.3, 0.4) is 0 Å². The Balaban J connectivity index is 1.99. The van der Waals surface area contributed by atoms with Crippen LogP contribution in [0.1, 0.15) is 19.9 Å². The van der Waals surface area contributed by atoms with E-state index in [4.69, 9.17) is 4.74 Å². The maximum atomic E-state index is 13.3. The highest BCUT2D eigenvalue weighted by Gasteiger charge is 2.21. The van der Waals surface area contributed by atoms with Crippen molar-refractivity contribution in [3.8, 4) is 5.75 Å². The number of carbonyl (C=O) groups excluding carboxylic acids is 2. The first-order valence-electron chi connectivity index (χ1n) is 7.88. The minimum atomic E-state index is -0.516. The van der Waals surface area contributed by atoms with Crippen LogP contribution in [0.25, 0.3) is 0 Å². The molecule has 1 N–H and O–H groups in total. The lowest BCUT2D eigenvalue weighted by atomic mass is 10.2. The predicted molar refractivity (Wildman–Crippen MR) is 90.8 cm³/mol. The van der Waals surface area contributed by atoms with Gasteiger partial charge in [0.25, 0.3) is 0 Å². The van der Waals surface area contributed by atoms with Gasteiger partial charge in [0.05, 0.1) is 18.8 Å². The summed E-state index contributed by atoms with van der Waals surface area (Å²) in [6, 6.07) is 5.06. The fourth-order valence-electron chi connectivity index (χ4n) is 2.30. The van der Waals surface area contributed by atoms with Crippen LogP contribution in [0, 0.1) is 5.82 Å². The quantitative estimate of drug-likeness (QED) is 0.831. The molecule has 2 aromatic rings. The topological polar surface area (TPSA) is 76.5 Å². The number of likely N-dealkylation sites (N-methyl/N-ethyl adjacent to an activating group) is 1. The number of hydrogen-bond acceptors (Lipinski definition) is 4. The molecule has 2 rings (SSSR count). The van der Waals surface area contributed by atoms with Crippen LogP contribution >= 0.6 is 0 Å². The molecular weight excluding hydrogens is 327 g/mol. The Kier molecular flexibility index (Phi) is 6.10. The summed E-state index contributed by atoms with van der Waals surface area (Å²) in [6.07, 6.45) is 3.27. The Bertz CT molecular complexity index is 733. The van der Waals surface area contributed by atoms with E-state index in [0.29, 0.717) is 12.3 Å². The predicted octanol–water partition coefficient (Wildman–Crippen LogP) is 2.08. The van der Waals surface area contributed by atoms with E-state index in [2.05, 4.69) is 10.4 Å². The molecule has 1 aromatic heterocycles. The van der Waals surface area contributed by atoms with Gasteiger partial charge < -0.3 is 15.0 Å². The van der Waals surface area contributed by atoms with Crippen molar-refractivity contribution in [1.29, 1.82) is 0 Å². The number of anilines is 1. The summed E-state index contributed by atoms with van der Waals surface area (Å²) in [5, 5.41) is 6.66. The fraction of sp³-hybridized carbons (Fsp3) is 0.353. The van der Waals surface area contributed by atoms with E-state index in [-0.39, 0.29) is 18.2 Å². The van der Waals surface area contributed by atoms with Crippen molar-refractivity contribution in [3.63, 3.8) is 0 Å². The lowest BCUT2D eigenvalue weighted by Crippen LogP contribution is -2.38. The SMILES string of the molecule is CCOc1cc(F)ccc1NC(=O)CN(C)C(=O)C(C)n1cccn1. The summed E-state index contributed by atoms with van der Waals surface area (Å²) < 4.78 is 20.1. The molecule has 0 radical (unpaired) electrons. The van der Waals surface area contributed by atoms with Crippen LogP contribution in [-0.2, 0) is 9.59 Å². The van der Waals surface area contributed by atoms with Crippen molar-refractivity contribution in [2.45, 2.75) is 19.9 Å². The van der Waals surface area contributed by atoms with E-state index in [0.717, 1.165) is 0 Å². The van der Waals surface area contributed by atoms with Gasteiger partial charge in [0, 0.05) is 25.5 Å². The number of hydrogen-bond donors (Lipinski definition) is 1. The lowest BCUT2D eigenvalue weighted by Gasteiger charge is -2.21. The molecule has 1 atom stereocenters. The normalized spacial score (nSPS) is 11.7. The fourth-order valence-corrected chi connectivity index (χ4v) is 2.30. The molecule has 0 fully saturated rings. The maximum absolute atomic E-state index is 13.3. The standard InChI is InChI=1S/C17H21FN4O3/c1-4-25-15-10-13(18)6-7-14(15)20-16(23)11-21(3)17(24)12(2)22-9-5-8-19-22/h5-10,12H,4,11H2,1-3H3,(H,20,23). The van der Waals surface area contributed by atoms with E-state index < -0.39 is 17.8 Å². The van der Waals surface area contributed by atoms with Crippen LogP contribution < -0.4 is 10.1 Å². The average molecular weight is 348 g/mol. The zero-order valence-corrected chi connectivity index (χ0v) is 14.4. The van der Waals surface area contributed by atoms with Gasteiger partial charge in [-0.2, -0.15) is 5.10 Å². The first-order valence-corrected chi connectivity index (χ1v) is 7.88. The summed E-state index contributed by atoms with van der Waals surface area (Å²) in [5.74, 6) is -0.865. The van der Waals surface area contributed by atoms with Gasteiger partial charge in [0.15, 0.2) is 0 Å². The van der Waals surface area contributed by atoms with E-state index in [1.807, 2.05) is 0 Å². The largest absolute Gasteiger partial charge is 0.492 e. The molecule has 8 heteroatoms. The Morgan fingerprint density at radius 3 is 2.84 bits per heavy atom. The third kappa shape index (κ3) is 4.79. The van der Waals surface area contributed by atoms with Crippen molar-refractivity contribution >= 4 is 17.5 Å². The van der Waals surface area contributed by atoms with Crippen LogP contribution in [0.15, 0.2) is 36.7 Å². The summed E-state index contributed by atoms with van der Waals surface area (Å²) >= 11 is 0. The molecule has 0 saturated heterocycles. The maximum Gasteiger partial charge on any atom is 0.247 e. The molecule has 2 amide bonds. The first kappa shape index (κ1) is 18.4. The van der Waals surface area contributed by atoms with E-state index in [1.165, 1.54) is 34.8 Å². The Hall–Kier alpha value is -2.90. The van der Waals surface area contributed by atoms with Crippen molar-refractivity contribution in [2.75, 3.05) is 25.5 Å². The van der Waals surface area contributed by atoms with Crippen LogP contribution in [-0.4, -0.2) is 46.7 Å². The highest BCUT2D eigenvalue weighted by atomic mass is 19.1. The molecule has 0 aliphatic rings. The smallest absolute Gasteiger partial charge is 0.247 e. The Morgan fingerprint density at radius 2 is 2.20 bits per heavy atom. The second-order valence-corrected chi connectivity index (χ2v) is 5.48.